The number of hydrogen-bond donors (Lipinski definition) is 1. The number of thiazole rings is 1. The van der Waals surface area contributed by atoms with Gasteiger partial charge in [-0.3, -0.25) is 5.73 Å². The zero-order valence-electron chi connectivity index (χ0n) is 14.4. The molecule has 0 amide bonds. The molecule has 24 heavy (non-hydrogen) atoms. The summed E-state index contributed by atoms with van der Waals surface area (Å²) >= 11 is 1.67. The van der Waals surface area contributed by atoms with Crippen LogP contribution < -0.4 is 39.4 Å². The van der Waals surface area contributed by atoms with E-state index >= 15 is 0 Å². The van der Waals surface area contributed by atoms with E-state index in [4.69, 9.17) is 10.5 Å². The standard InChI is InChI=1S/C19H26N2OS.HI/c1-2-3-4-5-6-7-12-22-15-9-10-16-14(13-15)8-11-17-18(16)21-19(20)23-17;/h9-10,13H,2-8,11-12H2,1H3,(H2,20,21);1H. The van der Waals surface area contributed by atoms with Crippen LogP contribution in [0.1, 0.15) is 55.9 Å². The van der Waals surface area contributed by atoms with Crippen LogP contribution in [0.4, 0.5) is 5.13 Å². The fourth-order valence-corrected chi connectivity index (χ4v) is 4.11. The van der Waals surface area contributed by atoms with E-state index in [0.29, 0.717) is 0 Å². The summed E-state index contributed by atoms with van der Waals surface area (Å²) in [4.78, 5) is 4.68. The molecule has 0 unspecified atom stereocenters. The monoisotopic (exact) mass is 458 g/mol. The molecule has 132 valence electrons. The molecule has 1 aliphatic carbocycles. The molecule has 1 heterocycles. The van der Waals surface area contributed by atoms with Crippen LogP contribution in [-0.2, 0) is 12.8 Å². The molecule has 0 bridgehead atoms. The molecule has 3 nitrogen and oxygen atoms in total. The highest BCUT2D eigenvalue weighted by atomic mass is 127. The van der Waals surface area contributed by atoms with Gasteiger partial charge in [0.2, 0.25) is 0 Å². The molecule has 0 saturated carbocycles. The van der Waals surface area contributed by atoms with E-state index < -0.39 is 0 Å². The van der Waals surface area contributed by atoms with Crippen molar-refractivity contribution in [1.29, 1.82) is 0 Å². The van der Waals surface area contributed by atoms with Crippen LogP contribution in [0.2, 0.25) is 0 Å². The van der Waals surface area contributed by atoms with Crippen LogP contribution in [0.25, 0.3) is 11.3 Å². The number of aryl methyl sites for hydroxylation is 2. The first kappa shape index (κ1) is 19.5. The van der Waals surface area contributed by atoms with Gasteiger partial charge in [-0.15, -0.1) is 0 Å². The van der Waals surface area contributed by atoms with Gasteiger partial charge in [-0.1, -0.05) is 50.4 Å². The average Bonchev–Trinajstić information content (AvgIpc) is 2.94. The Morgan fingerprint density at radius 3 is 2.75 bits per heavy atom. The van der Waals surface area contributed by atoms with Gasteiger partial charge in [0.15, 0.2) is 0 Å². The van der Waals surface area contributed by atoms with E-state index in [9.17, 15) is 0 Å². The number of H-pyrrole nitrogens is 1. The number of hydrogen-bond acceptors (Lipinski definition) is 3. The lowest BCUT2D eigenvalue weighted by atomic mass is 9.93. The lowest BCUT2D eigenvalue weighted by Crippen LogP contribution is -3.00. The lowest BCUT2D eigenvalue weighted by molar-refractivity contribution is -0.341. The average molecular weight is 458 g/mol. The summed E-state index contributed by atoms with van der Waals surface area (Å²) in [7, 11) is 0. The number of nitrogens with two attached hydrogens (primary N) is 1. The Balaban J connectivity index is 0.00000208. The molecule has 0 spiro atoms. The van der Waals surface area contributed by atoms with Crippen molar-refractivity contribution in [2.75, 3.05) is 12.3 Å². The number of anilines is 1. The Kier molecular flexibility index (Phi) is 7.81. The summed E-state index contributed by atoms with van der Waals surface area (Å²) in [6.45, 7) is 3.08. The topological polar surface area (TPSA) is 49.4 Å². The number of rotatable bonds is 8. The minimum Gasteiger partial charge on any atom is -1.00 e. The number of benzene rings is 1. The van der Waals surface area contributed by atoms with Gasteiger partial charge in [0.1, 0.15) is 11.4 Å². The molecule has 0 fully saturated rings. The maximum Gasteiger partial charge on any atom is 0.330 e. The van der Waals surface area contributed by atoms with E-state index in [0.717, 1.165) is 36.8 Å². The van der Waals surface area contributed by atoms with E-state index in [-0.39, 0.29) is 24.0 Å². The fourth-order valence-electron chi connectivity index (χ4n) is 3.23. The van der Waals surface area contributed by atoms with Gasteiger partial charge in [0.25, 0.3) is 0 Å². The van der Waals surface area contributed by atoms with Crippen LogP contribution in [-0.4, -0.2) is 6.61 Å². The van der Waals surface area contributed by atoms with Gasteiger partial charge in [-0.25, -0.2) is 4.98 Å². The van der Waals surface area contributed by atoms with E-state index in [1.165, 1.54) is 53.8 Å². The molecule has 0 aliphatic heterocycles. The van der Waals surface area contributed by atoms with Crippen LogP contribution in [0.3, 0.4) is 0 Å². The first-order chi connectivity index (χ1) is 11.3. The second kappa shape index (κ2) is 9.61. The van der Waals surface area contributed by atoms with Crippen molar-refractivity contribution < 1.29 is 33.7 Å². The number of aromatic amines is 1. The minimum atomic E-state index is 0. The summed E-state index contributed by atoms with van der Waals surface area (Å²) in [6.07, 6.45) is 9.93. The predicted molar refractivity (Wildman–Crippen MR) is 97.0 cm³/mol. The summed E-state index contributed by atoms with van der Waals surface area (Å²) < 4.78 is 5.94. The SMILES string of the molecule is CCCCCCCCOc1ccc2c(c1)CCc1sc(N)[nH+]c1-2.[I-]. The maximum absolute atomic E-state index is 5.94. The zero-order valence-corrected chi connectivity index (χ0v) is 17.3. The highest BCUT2D eigenvalue weighted by Gasteiger charge is 2.23. The van der Waals surface area contributed by atoms with Crippen molar-refractivity contribution in [3.8, 4) is 17.0 Å². The molecular weight excluding hydrogens is 431 g/mol. The Bertz CT molecular complexity index is 657. The van der Waals surface area contributed by atoms with Gasteiger partial charge in [0, 0.05) is 5.56 Å². The third-order valence-electron chi connectivity index (χ3n) is 4.49. The quantitative estimate of drug-likeness (QED) is 0.483. The molecular formula is C19H27IN2OS. The molecule has 0 atom stereocenters. The third kappa shape index (κ3) is 4.85. The highest BCUT2D eigenvalue weighted by Crippen LogP contribution is 2.36. The number of nitrogens with one attached hydrogen (secondary N) is 1. The molecule has 3 N–H and O–H groups in total. The third-order valence-corrected chi connectivity index (χ3v) is 5.47. The Morgan fingerprint density at radius 1 is 1.12 bits per heavy atom. The van der Waals surface area contributed by atoms with E-state index in [1.807, 2.05) is 0 Å². The summed E-state index contributed by atoms with van der Waals surface area (Å²) in [6, 6.07) is 6.47. The zero-order chi connectivity index (χ0) is 16.1. The van der Waals surface area contributed by atoms with Crippen molar-refractivity contribution in [3.05, 3.63) is 28.6 Å². The van der Waals surface area contributed by atoms with Gasteiger partial charge in [0.05, 0.1) is 11.5 Å². The fraction of sp³-hybridized carbons (Fsp3) is 0.526. The molecule has 1 aromatic heterocycles. The number of halogens is 1. The minimum absolute atomic E-state index is 0. The number of unbranched alkanes of at least 4 members (excludes halogenated alkanes) is 5. The first-order valence-corrected chi connectivity index (χ1v) is 9.66. The van der Waals surface area contributed by atoms with Gasteiger partial charge in [-0.05, 0) is 43.0 Å². The van der Waals surface area contributed by atoms with Crippen LogP contribution in [0, 0.1) is 0 Å². The molecule has 0 saturated heterocycles. The molecule has 2 aromatic rings. The normalized spacial score (nSPS) is 12.2. The largest absolute Gasteiger partial charge is 1.00 e. The van der Waals surface area contributed by atoms with Crippen molar-refractivity contribution in [3.63, 3.8) is 0 Å². The van der Waals surface area contributed by atoms with Crippen LogP contribution >= 0.6 is 11.3 Å². The van der Waals surface area contributed by atoms with Crippen LogP contribution in [0.5, 0.6) is 5.75 Å². The van der Waals surface area contributed by atoms with Gasteiger partial charge in [-0.2, -0.15) is 0 Å². The van der Waals surface area contributed by atoms with Crippen molar-refractivity contribution in [1.82, 2.24) is 0 Å². The first-order valence-electron chi connectivity index (χ1n) is 8.84. The molecule has 1 aromatic carbocycles. The summed E-state index contributed by atoms with van der Waals surface area (Å²) in [5.74, 6) is 1.00. The lowest BCUT2D eigenvalue weighted by Gasteiger charge is -2.15. The van der Waals surface area contributed by atoms with Crippen molar-refractivity contribution in [2.45, 2.75) is 58.3 Å². The van der Waals surface area contributed by atoms with Crippen molar-refractivity contribution in [2.24, 2.45) is 0 Å². The number of fused-ring (bicyclic) bond motifs is 3. The van der Waals surface area contributed by atoms with Gasteiger partial charge < -0.3 is 28.7 Å². The van der Waals surface area contributed by atoms with Crippen molar-refractivity contribution >= 4 is 16.5 Å². The molecule has 5 heteroatoms. The van der Waals surface area contributed by atoms with Crippen LogP contribution in [0.15, 0.2) is 18.2 Å². The second-order valence-corrected chi connectivity index (χ2v) is 7.46. The maximum atomic E-state index is 5.94. The number of aromatic nitrogens is 1. The molecule has 0 radical (unpaired) electrons. The summed E-state index contributed by atoms with van der Waals surface area (Å²) in [5, 5.41) is 0.797. The molecule has 1 aliphatic rings. The second-order valence-electron chi connectivity index (χ2n) is 6.32. The Labute approximate surface area is 166 Å². The van der Waals surface area contributed by atoms with E-state index in [1.54, 1.807) is 11.3 Å². The van der Waals surface area contributed by atoms with Gasteiger partial charge >= 0.3 is 5.13 Å². The number of ether oxygens (including phenoxy) is 1. The Morgan fingerprint density at radius 2 is 1.92 bits per heavy atom. The summed E-state index contributed by atoms with van der Waals surface area (Å²) in [5.41, 5.74) is 9.76. The highest BCUT2D eigenvalue weighted by molar-refractivity contribution is 7.15. The predicted octanol–water partition coefficient (Wildman–Crippen LogP) is 1.65. The number of nitrogen functional groups attached to an aromatic ring is 1. The smallest absolute Gasteiger partial charge is 0.330 e. The molecule has 3 rings (SSSR count). The Hall–Kier alpha value is -0.820. The van der Waals surface area contributed by atoms with E-state index in [2.05, 4.69) is 30.1 Å².